The molecule has 0 unspecified atom stereocenters. The number of hydrogen-bond donors (Lipinski definition) is 1. The molecule has 1 N–H and O–H groups in total. The first-order chi connectivity index (χ1) is 7.13. The molecule has 4 heteroatoms. The zero-order valence-electron chi connectivity index (χ0n) is 9.38. The maximum Gasteiger partial charge on any atom is 0.126 e. The molecule has 0 spiro atoms. The predicted octanol–water partition coefficient (Wildman–Crippen LogP) is 3.81. The molecule has 0 radical (unpaired) electrons. The summed E-state index contributed by atoms with van der Waals surface area (Å²) in [5.41, 5.74) is 0.966. The predicted molar refractivity (Wildman–Crippen MR) is 69.8 cm³/mol. The Kier molecular flexibility index (Phi) is 5.26. The second kappa shape index (κ2) is 6.23. The molecule has 1 aromatic rings. The first kappa shape index (κ1) is 12.7. The first-order valence-corrected chi connectivity index (χ1v) is 6.57. The van der Waals surface area contributed by atoms with E-state index in [1.165, 1.54) is 0 Å². The molecule has 0 fully saturated rings. The Morgan fingerprint density at radius 1 is 1.47 bits per heavy atom. The fourth-order valence-electron chi connectivity index (χ4n) is 1.11. The van der Waals surface area contributed by atoms with Crippen molar-refractivity contribution >= 4 is 29.2 Å². The summed E-state index contributed by atoms with van der Waals surface area (Å²) in [6.07, 6.45) is 0. The minimum atomic E-state index is 0.602. The molecule has 0 aliphatic carbocycles. The van der Waals surface area contributed by atoms with Gasteiger partial charge >= 0.3 is 0 Å². The third-order valence-electron chi connectivity index (χ3n) is 1.83. The highest BCUT2D eigenvalue weighted by atomic mass is 35.5. The maximum absolute atomic E-state index is 6.08. The van der Waals surface area contributed by atoms with Crippen molar-refractivity contribution in [2.24, 2.45) is 0 Å². The summed E-state index contributed by atoms with van der Waals surface area (Å²) < 4.78 is 0. The summed E-state index contributed by atoms with van der Waals surface area (Å²) in [6.45, 7) is 7.28. The van der Waals surface area contributed by atoms with E-state index in [0.717, 1.165) is 28.8 Å². The number of aromatic nitrogens is 1. The zero-order chi connectivity index (χ0) is 11.3. The van der Waals surface area contributed by atoms with Gasteiger partial charge in [0.2, 0.25) is 0 Å². The molecule has 0 atom stereocenters. The number of thioether (sulfide) groups is 1. The molecule has 1 heterocycles. The largest absolute Gasteiger partial charge is 0.370 e. The third-order valence-corrected chi connectivity index (χ3v) is 3.28. The Labute approximate surface area is 101 Å². The first-order valence-electron chi connectivity index (χ1n) is 5.14. The van der Waals surface area contributed by atoms with Crippen molar-refractivity contribution in [2.75, 3.05) is 11.9 Å². The summed E-state index contributed by atoms with van der Waals surface area (Å²) in [5, 5.41) is 4.54. The molecule has 2 nitrogen and oxygen atoms in total. The molecule has 1 rings (SSSR count). The van der Waals surface area contributed by atoms with Gasteiger partial charge in [0, 0.05) is 12.3 Å². The lowest BCUT2D eigenvalue weighted by molar-refractivity contribution is 1.08. The van der Waals surface area contributed by atoms with Crippen LogP contribution in [-0.4, -0.2) is 16.8 Å². The minimum absolute atomic E-state index is 0.602. The fraction of sp³-hybridized carbons (Fsp3) is 0.545. The third kappa shape index (κ3) is 4.31. The van der Waals surface area contributed by atoms with Crippen LogP contribution < -0.4 is 5.32 Å². The van der Waals surface area contributed by atoms with Gasteiger partial charge in [-0.15, -0.1) is 0 Å². The normalized spacial score (nSPS) is 10.7. The molecule has 0 aliphatic rings. The second-order valence-corrected chi connectivity index (χ2v) is 5.49. The molecular formula is C11H17ClN2S. The molecular weight excluding hydrogens is 228 g/mol. The zero-order valence-corrected chi connectivity index (χ0v) is 11.0. The number of rotatable bonds is 5. The Bertz CT molecular complexity index is 315. The van der Waals surface area contributed by atoms with Crippen LogP contribution in [-0.2, 0) is 5.75 Å². The second-order valence-electron chi connectivity index (χ2n) is 3.52. The average Bonchev–Trinajstić information content (AvgIpc) is 2.19. The minimum Gasteiger partial charge on any atom is -0.370 e. The molecule has 84 valence electrons. The van der Waals surface area contributed by atoms with Gasteiger partial charge in [-0.1, -0.05) is 25.4 Å². The molecule has 0 saturated carbocycles. The Morgan fingerprint density at radius 3 is 2.80 bits per heavy atom. The van der Waals surface area contributed by atoms with Crippen LogP contribution in [0.1, 0.15) is 26.5 Å². The highest BCUT2D eigenvalue weighted by Gasteiger charge is 2.05. The molecule has 0 aromatic carbocycles. The van der Waals surface area contributed by atoms with E-state index in [4.69, 9.17) is 11.6 Å². The molecule has 0 aliphatic heterocycles. The quantitative estimate of drug-likeness (QED) is 0.853. The summed E-state index contributed by atoms with van der Waals surface area (Å²) >= 11 is 7.93. The van der Waals surface area contributed by atoms with Crippen LogP contribution in [0.2, 0.25) is 5.02 Å². The number of halogens is 1. The van der Waals surface area contributed by atoms with Crippen LogP contribution in [0.3, 0.4) is 0 Å². The van der Waals surface area contributed by atoms with E-state index < -0.39 is 0 Å². The van der Waals surface area contributed by atoms with Crippen LogP contribution in [0, 0.1) is 0 Å². The highest BCUT2D eigenvalue weighted by Crippen LogP contribution is 2.23. The highest BCUT2D eigenvalue weighted by molar-refractivity contribution is 7.99. The summed E-state index contributed by atoms with van der Waals surface area (Å²) in [6, 6.07) is 3.82. The number of hydrogen-bond acceptors (Lipinski definition) is 3. The Balaban J connectivity index is 2.71. The number of nitrogens with one attached hydrogen (secondary N) is 1. The summed E-state index contributed by atoms with van der Waals surface area (Å²) in [5.74, 6) is 1.77. The van der Waals surface area contributed by atoms with Gasteiger partial charge in [-0.25, -0.2) is 4.98 Å². The standard InChI is InChI=1S/C11H17ClN2S/c1-4-13-11-6-5-9(12)10(14-11)7-15-8(2)3/h5-6,8H,4,7H2,1-3H3,(H,13,14). The van der Waals surface area contributed by atoms with E-state index in [1.54, 1.807) is 0 Å². The molecule has 1 aromatic heterocycles. The summed E-state index contributed by atoms with van der Waals surface area (Å²) in [7, 11) is 0. The van der Waals surface area contributed by atoms with Crippen LogP contribution in [0.5, 0.6) is 0 Å². The van der Waals surface area contributed by atoms with E-state index >= 15 is 0 Å². The Morgan fingerprint density at radius 2 is 2.20 bits per heavy atom. The summed E-state index contributed by atoms with van der Waals surface area (Å²) in [4.78, 5) is 4.47. The lowest BCUT2D eigenvalue weighted by Crippen LogP contribution is -2.01. The van der Waals surface area contributed by atoms with Gasteiger partial charge in [0.15, 0.2) is 0 Å². The lowest BCUT2D eigenvalue weighted by atomic mass is 10.3. The van der Waals surface area contributed by atoms with Crippen molar-refractivity contribution in [3.63, 3.8) is 0 Å². The van der Waals surface area contributed by atoms with Gasteiger partial charge < -0.3 is 5.32 Å². The van der Waals surface area contributed by atoms with E-state index in [0.29, 0.717) is 5.25 Å². The molecule has 15 heavy (non-hydrogen) atoms. The lowest BCUT2D eigenvalue weighted by Gasteiger charge is -2.08. The van der Waals surface area contributed by atoms with Gasteiger partial charge in [-0.3, -0.25) is 0 Å². The van der Waals surface area contributed by atoms with Gasteiger partial charge in [0.25, 0.3) is 0 Å². The van der Waals surface area contributed by atoms with E-state index in [-0.39, 0.29) is 0 Å². The van der Waals surface area contributed by atoms with E-state index in [2.05, 4.69) is 31.1 Å². The smallest absolute Gasteiger partial charge is 0.126 e. The average molecular weight is 245 g/mol. The van der Waals surface area contributed by atoms with Crippen LogP contribution in [0.15, 0.2) is 12.1 Å². The monoisotopic (exact) mass is 244 g/mol. The van der Waals surface area contributed by atoms with Gasteiger partial charge in [0.05, 0.1) is 10.7 Å². The van der Waals surface area contributed by atoms with E-state index in [1.807, 2.05) is 23.9 Å². The molecule has 0 bridgehead atoms. The fourth-order valence-corrected chi connectivity index (χ4v) is 2.07. The van der Waals surface area contributed by atoms with Gasteiger partial charge in [-0.2, -0.15) is 11.8 Å². The van der Waals surface area contributed by atoms with Gasteiger partial charge in [0.1, 0.15) is 5.82 Å². The Hall–Kier alpha value is -0.410. The van der Waals surface area contributed by atoms with Crippen LogP contribution in [0.25, 0.3) is 0 Å². The van der Waals surface area contributed by atoms with Crippen molar-refractivity contribution < 1.29 is 0 Å². The number of pyridine rings is 1. The topological polar surface area (TPSA) is 24.9 Å². The number of anilines is 1. The maximum atomic E-state index is 6.08. The number of nitrogens with zero attached hydrogens (tertiary/aromatic N) is 1. The van der Waals surface area contributed by atoms with Crippen molar-refractivity contribution in [1.82, 2.24) is 4.98 Å². The van der Waals surface area contributed by atoms with Gasteiger partial charge in [-0.05, 0) is 24.3 Å². The van der Waals surface area contributed by atoms with E-state index in [9.17, 15) is 0 Å². The van der Waals surface area contributed by atoms with Crippen LogP contribution >= 0.6 is 23.4 Å². The van der Waals surface area contributed by atoms with Crippen molar-refractivity contribution in [3.8, 4) is 0 Å². The van der Waals surface area contributed by atoms with Crippen molar-refractivity contribution in [1.29, 1.82) is 0 Å². The molecule has 0 saturated heterocycles. The van der Waals surface area contributed by atoms with Crippen LogP contribution in [0.4, 0.5) is 5.82 Å². The van der Waals surface area contributed by atoms with Crippen molar-refractivity contribution in [2.45, 2.75) is 31.8 Å². The van der Waals surface area contributed by atoms with Crippen molar-refractivity contribution in [3.05, 3.63) is 22.8 Å². The molecule has 0 amide bonds. The SMILES string of the molecule is CCNc1ccc(Cl)c(CSC(C)C)n1.